The number of nitrogens with one attached hydrogen (secondary N) is 1. The van der Waals surface area contributed by atoms with Crippen molar-refractivity contribution in [1.29, 1.82) is 0 Å². The highest BCUT2D eigenvalue weighted by Crippen LogP contribution is 2.35. The van der Waals surface area contributed by atoms with Crippen molar-refractivity contribution >= 4 is 17.6 Å². The second kappa shape index (κ2) is 6.19. The number of hydrogen-bond acceptors (Lipinski definition) is 4. The summed E-state index contributed by atoms with van der Waals surface area (Å²) in [6.07, 6.45) is -4.56. The molecule has 25 heavy (non-hydrogen) atoms. The summed E-state index contributed by atoms with van der Waals surface area (Å²) in [4.78, 5) is 24.6. The van der Waals surface area contributed by atoms with Gasteiger partial charge in [0.2, 0.25) is 0 Å². The van der Waals surface area contributed by atoms with Crippen LogP contribution in [0, 0.1) is 0 Å². The molecular weight excluding hydrogens is 365 g/mol. The first-order valence-electron chi connectivity index (χ1n) is 7.13. The molecule has 1 atom stereocenters. The van der Waals surface area contributed by atoms with E-state index in [4.69, 9.17) is 11.6 Å². The van der Waals surface area contributed by atoms with E-state index in [0.717, 1.165) is 12.1 Å². The Bertz CT molecular complexity index is 877. The lowest BCUT2D eigenvalue weighted by Crippen LogP contribution is -2.49. The van der Waals surface area contributed by atoms with Crippen LogP contribution in [-0.2, 0) is 30.6 Å². The first-order chi connectivity index (χ1) is 11.7. The molecule has 0 saturated heterocycles. The number of halogens is 4. The van der Waals surface area contributed by atoms with Crippen LogP contribution in [0.5, 0.6) is 0 Å². The number of fused-ring (bicyclic) bond motifs is 1. The molecular formula is C14H12ClF3N4O3. The van der Waals surface area contributed by atoms with Crippen LogP contribution in [0.25, 0.3) is 0 Å². The Morgan fingerprint density at radius 3 is 2.76 bits per heavy atom. The first kappa shape index (κ1) is 17.5. The highest BCUT2D eigenvalue weighted by atomic mass is 35.5. The maximum atomic E-state index is 12.8. The lowest BCUT2D eigenvalue weighted by atomic mass is 10.1. The Labute approximate surface area is 143 Å². The second-order valence-corrected chi connectivity index (χ2v) is 6.03. The quantitative estimate of drug-likeness (QED) is 0.851. The standard InChI is InChI=1S/C14H12ClF3N4O3/c15-9-3-7(1-2-8(9)14(16,17)18)4-21-6-11-19-20-13(25)22(11)5-10(21)12(23)24/h1-3,10H,4-6H2,(H,20,25)(H,23,24). The summed E-state index contributed by atoms with van der Waals surface area (Å²) in [6, 6.07) is 2.26. The monoisotopic (exact) mass is 376 g/mol. The number of carboxylic acids is 1. The SMILES string of the molecule is O=C(O)C1Cn2c(n[nH]c2=O)CN1Cc1ccc(C(F)(F)F)c(Cl)c1. The fourth-order valence-electron chi connectivity index (χ4n) is 2.76. The number of rotatable bonds is 3. The zero-order valence-corrected chi connectivity index (χ0v) is 13.3. The van der Waals surface area contributed by atoms with Crippen molar-refractivity contribution in [1.82, 2.24) is 19.7 Å². The van der Waals surface area contributed by atoms with Crippen LogP contribution >= 0.6 is 11.6 Å². The molecule has 2 N–H and O–H groups in total. The van der Waals surface area contributed by atoms with Gasteiger partial charge in [0.15, 0.2) is 0 Å². The second-order valence-electron chi connectivity index (χ2n) is 5.63. The lowest BCUT2D eigenvalue weighted by Gasteiger charge is -2.32. The molecule has 0 fully saturated rings. The van der Waals surface area contributed by atoms with Crippen LogP contribution in [0.4, 0.5) is 13.2 Å². The van der Waals surface area contributed by atoms with E-state index < -0.39 is 34.5 Å². The smallest absolute Gasteiger partial charge is 0.417 e. The van der Waals surface area contributed by atoms with Crippen molar-refractivity contribution < 1.29 is 23.1 Å². The zero-order valence-electron chi connectivity index (χ0n) is 12.5. The van der Waals surface area contributed by atoms with E-state index in [2.05, 4.69) is 10.2 Å². The third kappa shape index (κ3) is 3.40. The fourth-order valence-corrected chi connectivity index (χ4v) is 3.07. The minimum absolute atomic E-state index is 0.0515. The number of H-pyrrole nitrogens is 1. The highest BCUT2D eigenvalue weighted by molar-refractivity contribution is 6.31. The van der Waals surface area contributed by atoms with E-state index >= 15 is 0 Å². The number of aromatic nitrogens is 3. The molecule has 0 bridgehead atoms. The number of carbonyl (C=O) groups is 1. The van der Waals surface area contributed by atoms with Crippen LogP contribution in [-0.4, -0.2) is 36.8 Å². The largest absolute Gasteiger partial charge is 0.480 e. The highest BCUT2D eigenvalue weighted by Gasteiger charge is 2.35. The minimum Gasteiger partial charge on any atom is -0.480 e. The van der Waals surface area contributed by atoms with E-state index in [1.807, 2.05) is 0 Å². The Balaban J connectivity index is 1.87. The molecule has 1 aliphatic rings. The topological polar surface area (TPSA) is 91.2 Å². The summed E-state index contributed by atoms with van der Waals surface area (Å²) in [5.74, 6) is -0.780. The summed E-state index contributed by atoms with van der Waals surface area (Å²) in [5, 5.41) is 15.0. The van der Waals surface area contributed by atoms with Gasteiger partial charge in [-0.1, -0.05) is 17.7 Å². The van der Waals surface area contributed by atoms with Crippen molar-refractivity contribution in [2.75, 3.05) is 0 Å². The average Bonchev–Trinajstić information content (AvgIpc) is 2.85. The maximum absolute atomic E-state index is 12.8. The van der Waals surface area contributed by atoms with Gasteiger partial charge in [-0.15, -0.1) is 0 Å². The molecule has 0 saturated carbocycles. The minimum atomic E-state index is -4.56. The van der Waals surface area contributed by atoms with Gasteiger partial charge in [0, 0.05) is 6.54 Å². The van der Waals surface area contributed by atoms with Crippen molar-refractivity contribution in [2.24, 2.45) is 0 Å². The Morgan fingerprint density at radius 1 is 1.44 bits per heavy atom. The van der Waals surface area contributed by atoms with Gasteiger partial charge in [0.1, 0.15) is 11.9 Å². The summed E-state index contributed by atoms with van der Waals surface area (Å²) >= 11 is 5.70. The Hall–Kier alpha value is -2.33. The van der Waals surface area contributed by atoms with Crippen molar-refractivity contribution in [3.63, 3.8) is 0 Å². The van der Waals surface area contributed by atoms with E-state index in [9.17, 15) is 27.9 Å². The molecule has 1 aliphatic heterocycles. The third-order valence-electron chi connectivity index (χ3n) is 3.99. The fraction of sp³-hybridized carbons (Fsp3) is 0.357. The summed E-state index contributed by atoms with van der Waals surface area (Å²) < 4.78 is 39.5. The Morgan fingerprint density at radius 2 is 2.16 bits per heavy atom. The molecule has 3 rings (SSSR count). The molecule has 1 unspecified atom stereocenters. The molecule has 0 aliphatic carbocycles. The lowest BCUT2D eigenvalue weighted by molar-refractivity contribution is -0.145. The van der Waals surface area contributed by atoms with Gasteiger partial charge >= 0.3 is 17.8 Å². The Kier molecular flexibility index (Phi) is 4.33. The summed E-state index contributed by atoms with van der Waals surface area (Å²) in [6.45, 7) is 0.0125. The number of alkyl halides is 3. The van der Waals surface area contributed by atoms with Crippen molar-refractivity contribution in [3.05, 3.63) is 50.7 Å². The van der Waals surface area contributed by atoms with Gasteiger partial charge in [0.25, 0.3) is 0 Å². The van der Waals surface area contributed by atoms with Crippen LogP contribution in [0.3, 0.4) is 0 Å². The van der Waals surface area contributed by atoms with Gasteiger partial charge in [-0.3, -0.25) is 14.3 Å². The maximum Gasteiger partial charge on any atom is 0.417 e. The molecule has 2 aromatic rings. The van der Waals surface area contributed by atoms with Gasteiger partial charge in [-0.2, -0.15) is 18.3 Å². The molecule has 7 nitrogen and oxygen atoms in total. The van der Waals surface area contributed by atoms with Crippen LogP contribution in [0.2, 0.25) is 5.02 Å². The number of nitrogens with zero attached hydrogens (tertiary/aromatic N) is 3. The van der Waals surface area contributed by atoms with Gasteiger partial charge < -0.3 is 5.11 Å². The van der Waals surface area contributed by atoms with Crippen LogP contribution < -0.4 is 5.69 Å². The number of carboxylic acid groups (broad SMARTS) is 1. The molecule has 0 amide bonds. The average molecular weight is 377 g/mol. The summed E-state index contributed by atoms with van der Waals surface area (Å²) in [7, 11) is 0. The van der Waals surface area contributed by atoms with Crippen molar-refractivity contribution in [3.8, 4) is 0 Å². The van der Waals surface area contributed by atoms with E-state index in [1.165, 1.54) is 15.5 Å². The number of hydrogen-bond donors (Lipinski definition) is 2. The predicted octanol–water partition coefficient (Wildman–Crippen LogP) is 1.71. The zero-order chi connectivity index (χ0) is 18.4. The van der Waals surface area contributed by atoms with E-state index in [0.29, 0.717) is 11.4 Å². The number of benzene rings is 1. The van der Waals surface area contributed by atoms with Gasteiger partial charge in [-0.05, 0) is 17.7 Å². The molecule has 0 radical (unpaired) electrons. The molecule has 0 spiro atoms. The molecule has 134 valence electrons. The van der Waals surface area contributed by atoms with Gasteiger partial charge in [-0.25, -0.2) is 9.89 Å². The van der Waals surface area contributed by atoms with Gasteiger partial charge in [0.05, 0.1) is 23.7 Å². The van der Waals surface area contributed by atoms with E-state index in [-0.39, 0.29) is 19.6 Å². The summed E-state index contributed by atoms with van der Waals surface area (Å²) in [5.41, 5.74) is -1.03. The molecule has 1 aromatic carbocycles. The van der Waals surface area contributed by atoms with Crippen molar-refractivity contribution in [2.45, 2.75) is 31.9 Å². The third-order valence-corrected chi connectivity index (χ3v) is 4.30. The molecule has 2 heterocycles. The normalized spacial score (nSPS) is 18.2. The van der Waals surface area contributed by atoms with E-state index in [1.54, 1.807) is 0 Å². The molecule has 1 aromatic heterocycles. The van der Waals surface area contributed by atoms with Crippen LogP contribution in [0.15, 0.2) is 23.0 Å². The van der Waals surface area contributed by atoms with Crippen LogP contribution in [0.1, 0.15) is 17.0 Å². The number of aliphatic carboxylic acids is 1. The number of aromatic amines is 1. The molecule has 11 heteroatoms. The first-order valence-corrected chi connectivity index (χ1v) is 7.51. The predicted molar refractivity (Wildman–Crippen MR) is 80.0 cm³/mol.